The maximum Gasteiger partial charge on any atom is 0.375 e. The number of hydrogen-bond acceptors (Lipinski definition) is 3. The quantitative estimate of drug-likeness (QED) is 0.819. The Balaban J connectivity index is 2.17. The van der Waals surface area contributed by atoms with Gasteiger partial charge < -0.3 is 5.11 Å². The second-order valence-corrected chi connectivity index (χ2v) is 6.03. The van der Waals surface area contributed by atoms with Gasteiger partial charge >= 0.3 is 5.97 Å². The van der Waals surface area contributed by atoms with Crippen LogP contribution in [0.15, 0.2) is 18.2 Å². The largest absolute Gasteiger partial charge is 0.475 e. The Hall–Kier alpha value is -1.15. The third kappa shape index (κ3) is 2.46. The Kier molecular flexibility index (Phi) is 3.22. The Bertz CT molecular complexity index is 667. The maximum atomic E-state index is 11.0. The summed E-state index contributed by atoms with van der Waals surface area (Å²) >= 11 is 8.35. The Morgan fingerprint density at radius 3 is 2.84 bits per heavy atom. The summed E-state index contributed by atoms with van der Waals surface area (Å²) in [4.78, 5) is 15.1. The maximum absolute atomic E-state index is 11.0. The van der Waals surface area contributed by atoms with Crippen LogP contribution in [0, 0.1) is 3.57 Å². The summed E-state index contributed by atoms with van der Waals surface area (Å²) in [7, 11) is 0. The van der Waals surface area contributed by atoms with Gasteiger partial charge in [-0.05, 0) is 53.6 Å². The van der Waals surface area contributed by atoms with Crippen molar-refractivity contribution in [3.8, 4) is 5.69 Å². The van der Waals surface area contributed by atoms with Gasteiger partial charge in [-0.3, -0.25) is 0 Å². The predicted molar refractivity (Wildman–Crippen MR) is 78.0 cm³/mol. The molecule has 0 aliphatic heterocycles. The Morgan fingerprint density at radius 1 is 1.47 bits per heavy atom. The fraction of sp³-hybridized carbons (Fsp3) is 0.250. The second-order valence-electron chi connectivity index (χ2n) is 4.38. The number of nitrogens with zero attached hydrogens (tertiary/aromatic N) is 3. The SMILES string of the molecule is O=C(O)c1nc(C2CC2)n(-c2cc(I)ccc2Cl)n1. The summed E-state index contributed by atoms with van der Waals surface area (Å²) in [6.07, 6.45) is 2.03. The number of carbonyl (C=O) groups is 1. The van der Waals surface area contributed by atoms with Gasteiger partial charge in [0.25, 0.3) is 5.82 Å². The monoisotopic (exact) mass is 389 g/mol. The minimum absolute atomic E-state index is 0.183. The first-order valence-corrected chi connectivity index (χ1v) is 7.17. The molecular formula is C12H9ClIN3O2. The van der Waals surface area contributed by atoms with E-state index in [9.17, 15) is 4.79 Å². The summed E-state index contributed by atoms with van der Waals surface area (Å²) in [5, 5.41) is 13.6. The van der Waals surface area contributed by atoms with Gasteiger partial charge in [0.15, 0.2) is 0 Å². The van der Waals surface area contributed by atoms with Crippen molar-refractivity contribution in [1.29, 1.82) is 0 Å². The molecule has 0 amide bonds. The van der Waals surface area contributed by atoms with Crippen molar-refractivity contribution in [3.05, 3.63) is 38.4 Å². The highest BCUT2D eigenvalue weighted by Gasteiger charge is 2.32. The van der Waals surface area contributed by atoms with Crippen LogP contribution in [0.25, 0.3) is 5.69 Å². The molecule has 1 N–H and O–H groups in total. The molecule has 0 saturated heterocycles. The molecule has 5 nitrogen and oxygen atoms in total. The molecule has 0 bridgehead atoms. The van der Waals surface area contributed by atoms with Gasteiger partial charge in [-0.2, -0.15) is 0 Å². The molecule has 1 heterocycles. The molecule has 3 rings (SSSR count). The fourth-order valence-corrected chi connectivity index (χ4v) is 2.52. The molecule has 19 heavy (non-hydrogen) atoms. The number of hydrogen-bond donors (Lipinski definition) is 1. The van der Waals surface area contributed by atoms with Crippen LogP contribution in [0.1, 0.15) is 35.2 Å². The summed E-state index contributed by atoms with van der Waals surface area (Å²) < 4.78 is 2.57. The van der Waals surface area contributed by atoms with Crippen LogP contribution < -0.4 is 0 Å². The molecule has 1 aliphatic rings. The molecule has 0 unspecified atom stereocenters. The van der Waals surface area contributed by atoms with Crippen LogP contribution in [-0.4, -0.2) is 25.8 Å². The van der Waals surface area contributed by atoms with E-state index in [2.05, 4.69) is 32.7 Å². The first-order valence-electron chi connectivity index (χ1n) is 5.72. The van der Waals surface area contributed by atoms with E-state index in [1.54, 1.807) is 10.7 Å². The number of carboxylic acid groups (broad SMARTS) is 1. The molecule has 1 aliphatic carbocycles. The van der Waals surface area contributed by atoms with Gasteiger partial charge in [0.2, 0.25) is 0 Å². The van der Waals surface area contributed by atoms with E-state index in [0.29, 0.717) is 16.5 Å². The lowest BCUT2D eigenvalue weighted by atomic mass is 10.3. The van der Waals surface area contributed by atoms with Crippen LogP contribution in [0.2, 0.25) is 5.02 Å². The number of carboxylic acids is 1. The van der Waals surface area contributed by atoms with Crippen LogP contribution in [0.4, 0.5) is 0 Å². The smallest absolute Gasteiger partial charge is 0.375 e. The predicted octanol–water partition coefficient (Wildman–Crippen LogP) is 3.10. The molecule has 1 aromatic carbocycles. The number of halogens is 2. The van der Waals surface area contributed by atoms with E-state index < -0.39 is 5.97 Å². The highest BCUT2D eigenvalue weighted by atomic mass is 127. The van der Waals surface area contributed by atoms with Gasteiger partial charge in [-0.15, -0.1) is 5.10 Å². The lowest BCUT2D eigenvalue weighted by Crippen LogP contribution is -2.04. The van der Waals surface area contributed by atoms with E-state index in [1.165, 1.54) is 0 Å². The van der Waals surface area contributed by atoms with E-state index in [0.717, 1.165) is 16.4 Å². The van der Waals surface area contributed by atoms with Crippen LogP contribution in [-0.2, 0) is 0 Å². The first-order chi connectivity index (χ1) is 9.06. The second kappa shape index (κ2) is 4.75. The molecule has 0 spiro atoms. The van der Waals surface area contributed by atoms with Crippen LogP contribution in [0.5, 0.6) is 0 Å². The van der Waals surface area contributed by atoms with E-state index in [4.69, 9.17) is 16.7 Å². The van der Waals surface area contributed by atoms with Crippen molar-refractivity contribution in [2.75, 3.05) is 0 Å². The fourth-order valence-electron chi connectivity index (χ4n) is 1.85. The van der Waals surface area contributed by atoms with Crippen molar-refractivity contribution >= 4 is 40.2 Å². The van der Waals surface area contributed by atoms with E-state index in [-0.39, 0.29) is 11.7 Å². The minimum Gasteiger partial charge on any atom is -0.475 e. The minimum atomic E-state index is -1.12. The summed E-state index contributed by atoms with van der Waals surface area (Å²) in [6, 6.07) is 5.53. The molecule has 7 heteroatoms. The van der Waals surface area contributed by atoms with E-state index in [1.807, 2.05) is 12.1 Å². The van der Waals surface area contributed by atoms with E-state index >= 15 is 0 Å². The molecule has 1 fully saturated rings. The highest BCUT2D eigenvalue weighted by Crippen LogP contribution is 2.40. The Labute approximate surface area is 127 Å². The van der Waals surface area contributed by atoms with Crippen molar-refractivity contribution < 1.29 is 9.90 Å². The molecule has 1 saturated carbocycles. The van der Waals surface area contributed by atoms with Gasteiger partial charge in [-0.1, -0.05) is 11.6 Å². The van der Waals surface area contributed by atoms with Gasteiger partial charge in [0, 0.05) is 9.49 Å². The van der Waals surface area contributed by atoms with Gasteiger partial charge in [0.05, 0.1) is 10.7 Å². The normalized spacial score (nSPS) is 14.6. The lowest BCUT2D eigenvalue weighted by molar-refractivity contribution is 0.0683. The number of aromatic nitrogens is 3. The highest BCUT2D eigenvalue weighted by molar-refractivity contribution is 14.1. The summed E-state index contributed by atoms with van der Waals surface area (Å²) in [5.41, 5.74) is 0.676. The number of rotatable bonds is 3. The molecule has 1 aromatic heterocycles. The van der Waals surface area contributed by atoms with Crippen molar-refractivity contribution in [2.45, 2.75) is 18.8 Å². The molecular weight excluding hydrogens is 381 g/mol. The summed E-state index contributed by atoms with van der Waals surface area (Å²) in [5.74, 6) is -0.338. The van der Waals surface area contributed by atoms with Crippen molar-refractivity contribution in [3.63, 3.8) is 0 Å². The first kappa shape index (κ1) is 12.9. The topological polar surface area (TPSA) is 68.0 Å². The third-order valence-corrected chi connectivity index (χ3v) is 3.89. The van der Waals surface area contributed by atoms with Crippen LogP contribution >= 0.6 is 34.2 Å². The zero-order valence-electron chi connectivity index (χ0n) is 9.68. The van der Waals surface area contributed by atoms with Crippen LogP contribution in [0.3, 0.4) is 0 Å². The zero-order chi connectivity index (χ0) is 13.6. The number of benzene rings is 1. The zero-order valence-corrected chi connectivity index (χ0v) is 12.6. The van der Waals surface area contributed by atoms with Crippen molar-refractivity contribution in [2.24, 2.45) is 0 Å². The molecule has 2 aromatic rings. The third-order valence-electron chi connectivity index (χ3n) is 2.90. The standard InChI is InChI=1S/C12H9ClIN3O2/c13-8-4-3-7(14)5-9(8)17-11(6-1-2-6)15-10(16-17)12(18)19/h3-6H,1-2H2,(H,18,19). The Morgan fingerprint density at radius 2 is 2.21 bits per heavy atom. The average Bonchev–Trinajstić information content (AvgIpc) is 3.11. The summed E-state index contributed by atoms with van der Waals surface area (Å²) in [6.45, 7) is 0. The average molecular weight is 390 g/mol. The number of aromatic carboxylic acids is 1. The lowest BCUT2D eigenvalue weighted by Gasteiger charge is -2.07. The van der Waals surface area contributed by atoms with Crippen molar-refractivity contribution in [1.82, 2.24) is 14.8 Å². The molecule has 0 atom stereocenters. The van der Waals surface area contributed by atoms with Gasteiger partial charge in [-0.25, -0.2) is 14.5 Å². The van der Waals surface area contributed by atoms with Gasteiger partial charge in [0.1, 0.15) is 5.82 Å². The molecule has 0 radical (unpaired) electrons. The molecule has 98 valence electrons.